The first-order valence-electron chi connectivity index (χ1n) is 7.80. The molecule has 3 heteroatoms. The molecule has 1 saturated carbocycles. The van der Waals surface area contributed by atoms with Crippen LogP contribution in [0.3, 0.4) is 0 Å². The minimum absolute atomic E-state index is 0.649. The third kappa shape index (κ3) is 5.25. The zero-order valence-electron chi connectivity index (χ0n) is 12.4. The quantitative estimate of drug-likeness (QED) is 0.654. The number of rotatable bonds is 10. The maximum absolute atomic E-state index is 3.62. The average Bonchev–Trinajstić information content (AvgIpc) is 3.12. The van der Waals surface area contributed by atoms with Crippen LogP contribution < -0.4 is 5.32 Å². The summed E-state index contributed by atoms with van der Waals surface area (Å²) in [4.78, 5) is 4.20. The smallest absolute Gasteiger partial charge is 0.0334 e. The van der Waals surface area contributed by atoms with Crippen molar-refractivity contribution in [3.63, 3.8) is 0 Å². The Morgan fingerprint density at radius 1 is 1.42 bits per heavy atom. The lowest BCUT2D eigenvalue weighted by molar-refractivity contribution is 0.187. The van der Waals surface area contributed by atoms with E-state index >= 15 is 0 Å². The van der Waals surface area contributed by atoms with Gasteiger partial charge in [-0.2, -0.15) is 0 Å². The maximum atomic E-state index is 3.62. The topological polar surface area (TPSA) is 15.3 Å². The summed E-state index contributed by atoms with van der Waals surface area (Å²) in [5, 5.41) is 5.81. The third-order valence-electron chi connectivity index (χ3n) is 3.90. The van der Waals surface area contributed by atoms with Crippen LogP contribution in [0.2, 0.25) is 0 Å². The van der Waals surface area contributed by atoms with Crippen molar-refractivity contribution in [2.24, 2.45) is 0 Å². The summed E-state index contributed by atoms with van der Waals surface area (Å²) in [5.74, 6) is 0. The first kappa shape index (κ1) is 15.0. The second-order valence-corrected chi connectivity index (χ2v) is 6.78. The Labute approximate surface area is 122 Å². The van der Waals surface area contributed by atoms with Gasteiger partial charge in [0.25, 0.3) is 0 Å². The van der Waals surface area contributed by atoms with Gasteiger partial charge in [-0.05, 0) is 44.2 Å². The summed E-state index contributed by atoms with van der Waals surface area (Å²) in [6.07, 6.45) is 6.77. The molecule has 0 bridgehead atoms. The molecule has 1 aromatic heterocycles. The molecular formula is C16H28N2S. The van der Waals surface area contributed by atoms with Gasteiger partial charge in [0.1, 0.15) is 0 Å². The number of unbranched alkanes of at least 4 members (excludes halogenated alkanes) is 2. The van der Waals surface area contributed by atoms with Crippen molar-refractivity contribution in [3.8, 4) is 0 Å². The van der Waals surface area contributed by atoms with Gasteiger partial charge < -0.3 is 5.32 Å². The van der Waals surface area contributed by atoms with Crippen molar-refractivity contribution in [3.05, 3.63) is 22.4 Å². The van der Waals surface area contributed by atoms with Crippen molar-refractivity contribution in [1.29, 1.82) is 0 Å². The lowest BCUT2D eigenvalue weighted by atomic mass is 10.2. The van der Waals surface area contributed by atoms with Crippen molar-refractivity contribution >= 4 is 11.3 Å². The lowest BCUT2D eigenvalue weighted by Crippen LogP contribution is -2.41. The predicted octanol–water partition coefficient (Wildman–Crippen LogP) is 3.88. The molecule has 0 spiro atoms. The Hall–Kier alpha value is -0.380. The molecule has 1 aromatic rings. The molecule has 0 amide bonds. The predicted molar refractivity (Wildman–Crippen MR) is 84.7 cm³/mol. The van der Waals surface area contributed by atoms with Gasteiger partial charge >= 0.3 is 0 Å². The van der Waals surface area contributed by atoms with E-state index in [1.165, 1.54) is 43.5 Å². The minimum atomic E-state index is 0.649. The fraction of sp³-hybridized carbons (Fsp3) is 0.750. The Bertz CT molecular complexity index is 333. The highest BCUT2D eigenvalue weighted by molar-refractivity contribution is 7.09. The van der Waals surface area contributed by atoms with Crippen LogP contribution >= 0.6 is 11.3 Å². The molecule has 0 radical (unpaired) electrons. The van der Waals surface area contributed by atoms with Crippen molar-refractivity contribution in [2.45, 2.75) is 64.6 Å². The van der Waals surface area contributed by atoms with Gasteiger partial charge in [0, 0.05) is 30.1 Å². The zero-order valence-corrected chi connectivity index (χ0v) is 13.2. The van der Waals surface area contributed by atoms with Gasteiger partial charge in [0.2, 0.25) is 0 Å². The largest absolute Gasteiger partial charge is 0.315 e. The van der Waals surface area contributed by atoms with Crippen LogP contribution in [0.1, 0.15) is 50.8 Å². The van der Waals surface area contributed by atoms with Gasteiger partial charge in [0.15, 0.2) is 0 Å². The molecule has 1 fully saturated rings. The first-order chi connectivity index (χ1) is 9.31. The Morgan fingerprint density at radius 3 is 2.89 bits per heavy atom. The van der Waals surface area contributed by atoms with Crippen LogP contribution in [-0.4, -0.2) is 30.1 Å². The summed E-state index contributed by atoms with van der Waals surface area (Å²) in [6, 6.07) is 5.92. The molecule has 108 valence electrons. The van der Waals surface area contributed by atoms with Crippen LogP contribution in [-0.2, 0) is 6.54 Å². The second kappa shape index (κ2) is 8.03. The third-order valence-corrected chi connectivity index (χ3v) is 4.76. The maximum Gasteiger partial charge on any atom is 0.0334 e. The van der Waals surface area contributed by atoms with E-state index in [0.717, 1.165) is 19.1 Å². The van der Waals surface area contributed by atoms with E-state index in [1.807, 2.05) is 11.3 Å². The molecule has 1 unspecified atom stereocenters. The SMILES string of the molecule is CCCCCNCC(C)N(Cc1cccs1)C1CC1. The van der Waals surface area contributed by atoms with E-state index in [9.17, 15) is 0 Å². The van der Waals surface area contributed by atoms with Crippen LogP contribution in [0, 0.1) is 0 Å². The fourth-order valence-electron chi connectivity index (χ4n) is 2.56. The van der Waals surface area contributed by atoms with E-state index in [4.69, 9.17) is 0 Å². The monoisotopic (exact) mass is 280 g/mol. The van der Waals surface area contributed by atoms with E-state index < -0.39 is 0 Å². The Kier molecular flexibility index (Phi) is 6.35. The first-order valence-corrected chi connectivity index (χ1v) is 8.68. The van der Waals surface area contributed by atoms with E-state index in [2.05, 4.69) is 41.6 Å². The Balaban J connectivity index is 1.72. The Morgan fingerprint density at radius 2 is 2.26 bits per heavy atom. The molecule has 19 heavy (non-hydrogen) atoms. The summed E-state index contributed by atoms with van der Waals surface area (Å²) in [7, 11) is 0. The van der Waals surface area contributed by atoms with Crippen LogP contribution in [0.15, 0.2) is 17.5 Å². The summed E-state index contributed by atoms with van der Waals surface area (Å²) in [5.41, 5.74) is 0. The van der Waals surface area contributed by atoms with Gasteiger partial charge in [-0.1, -0.05) is 25.8 Å². The molecule has 1 aliphatic carbocycles. The zero-order chi connectivity index (χ0) is 13.5. The van der Waals surface area contributed by atoms with Crippen LogP contribution in [0.5, 0.6) is 0 Å². The summed E-state index contributed by atoms with van der Waals surface area (Å²) < 4.78 is 0. The highest BCUT2D eigenvalue weighted by Crippen LogP contribution is 2.30. The van der Waals surface area contributed by atoms with Crippen LogP contribution in [0.25, 0.3) is 0 Å². The van der Waals surface area contributed by atoms with E-state index in [0.29, 0.717) is 6.04 Å². The summed E-state index contributed by atoms with van der Waals surface area (Å²) in [6.45, 7) is 8.08. The number of hydrogen-bond acceptors (Lipinski definition) is 3. The average molecular weight is 280 g/mol. The minimum Gasteiger partial charge on any atom is -0.315 e. The van der Waals surface area contributed by atoms with Gasteiger partial charge in [-0.3, -0.25) is 4.90 Å². The molecule has 1 N–H and O–H groups in total. The number of hydrogen-bond donors (Lipinski definition) is 1. The summed E-state index contributed by atoms with van der Waals surface area (Å²) >= 11 is 1.89. The van der Waals surface area contributed by atoms with Crippen molar-refractivity contribution < 1.29 is 0 Å². The molecular weight excluding hydrogens is 252 g/mol. The molecule has 0 aliphatic heterocycles. The molecule has 2 rings (SSSR count). The van der Waals surface area contributed by atoms with Crippen molar-refractivity contribution in [1.82, 2.24) is 10.2 Å². The molecule has 1 heterocycles. The van der Waals surface area contributed by atoms with E-state index in [1.54, 1.807) is 0 Å². The molecule has 0 saturated heterocycles. The molecule has 2 nitrogen and oxygen atoms in total. The molecule has 1 atom stereocenters. The number of thiophene rings is 1. The van der Waals surface area contributed by atoms with Gasteiger partial charge in [-0.15, -0.1) is 11.3 Å². The van der Waals surface area contributed by atoms with Crippen molar-refractivity contribution in [2.75, 3.05) is 13.1 Å². The standard InChI is InChI=1S/C16H28N2S/c1-3-4-5-10-17-12-14(2)18(15-8-9-15)13-16-7-6-11-19-16/h6-7,11,14-15,17H,3-5,8-10,12-13H2,1-2H3. The van der Waals surface area contributed by atoms with Gasteiger partial charge in [-0.25, -0.2) is 0 Å². The second-order valence-electron chi connectivity index (χ2n) is 5.74. The highest BCUT2D eigenvalue weighted by Gasteiger charge is 2.32. The molecule has 0 aromatic carbocycles. The normalized spacial score (nSPS) is 17.0. The highest BCUT2D eigenvalue weighted by atomic mass is 32.1. The fourth-order valence-corrected chi connectivity index (χ4v) is 3.27. The lowest BCUT2D eigenvalue weighted by Gasteiger charge is -2.29. The van der Waals surface area contributed by atoms with Crippen LogP contribution in [0.4, 0.5) is 0 Å². The van der Waals surface area contributed by atoms with E-state index in [-0.39, 0.29) is 0 Å². The number of nitrogens with zero attached hydrogens (tertiary/aromatic N) is 1. The molecule has 1 aliphatic rings. The number of nitrogens with one attached hydrogen (secondary N) is 1. The van der Waals surface area contributed by atoms with Gasteiger partial charge in [0.05, 0.1) is 0 Å².